The van der Waals surface area contributed by atoms with Crippen LogP contribution in [0.5, 0.6) is 0 Å². The van der Waals surface area contributed by atoms with Crippen LogP contribution in [0.3, 0.4) is 0 Å². The Morgan fingerprint density at radius 3 is 2.05 bits per heavy atom. The molecule has 0 radical (unpaired) electrons. The molecule has 8 aromatic rings. The largest absolute Gasteiger partial charge is 0.316 e. The summed E-state index contributed by atoms with van der Waals surface area (Å²) in [7, 11) is 1.77. The zero-order valence-corrected chi connectivity index (χ0v) is 33.6. The van der Waals surface area contributed by atoms with Crippen molar-refractivity contribution in [2.45, 2.75) is 25.7 Å². The van der Waals surface area contributed by atoms with Crippen molar-refractivity contribution in [3.8, 4) is 22.9 Å². The van der Waals surface area contributed by atoms with E-state index in [0.717, 1.165) is 34.6 Å². The topological polar surface area (TPSA) is 44.3 Å². The molecule has 10 rings (SSSR count). The first-order chi connectivity index (χ1) is 28.9. The number of allylic oxidation sites excluding steroid dienone is 4. The maximum absolute atomic E-state index is 9.23. The Hall–Kier alpha value is -7.48. The minimum atomic E-state index is -0.250. The van der Waals surface area contributed by atoms with Gasteiger partial charge < -0.3 is 9.47 Å². The number of nitrogens with zero attached hydrogens (tertiary/aromatic N) is 4. The first-order valence-corrected chi connectivity index (χ1v) is 20.1. The molecule has 7 aromatic carbocycles. The van der Waals surface area contributed by atoms with Crippen molar-refractivity contribution >= 4 is 45.0 Å². The molecule has 0 amide bonds. The molecule has 1 aromatic heterocycles. The average molecular weight is 761 g/mol. The highest BCUT2D eigenvalue weighted by atomic mass is 15.1. The van der Waals surface area contributed by atoms with Gasteiger partial charge in [-0.25, -0.2) is 0 Å². The van der Waals surface area contributed by atoms with Crippen molar-refractivity contribution in [3.05, 3.63) is 228 Å². The van der Waals surface area contributed by atoms with Crippen LogP contribution in [-0.4, -0.2) is 17.8 Å². The molecule has 0 spiro atoms. The molecule has 284 valence electrons. The van der Waals surface area contributed by atoms with Crippen LogP contribution in [-0.2, 0) is 11.8 Å². The second kappa shape index (κ2) is 15.5. The smallest absolute Gasteiger partial charge is 0.0991 e. The predicted molar refractivity (Wildman–Crippen MR) is 248 cm³/mol. The summed E-state index contributed by atoms with van der Waals surface area (Å²) in [5.41, 5.74) is 17.1. The molecule has 0 unspecified atom stereocenters. The van der Waals surface area contributed by atoms with E-state index in [1.807, 2.05) is 60.8 Å². The SMILES string of the molecule is C=C1/C=C\C=C/N(c2ccc(Cc3ccc(C#N)cc3)cc2)c2c1c1c(c3c2c2ccccc2n3-c2ccccc2)C(C)(C)c2ccccc2-1.CN=Cc1ccccc1. The van der Waals surface area contributed by atoms with E-state index in [2.05, 4.69) is 162 Å². The quantitative estimate of drug-likeness (QED) is 0.164. The van der Waals surface area contributed by atoms with Crippen molar-refractivity contribution in [2.24, 2.45) is 4.99 Å². The number of hydrogen-bond donors (Lipinski definition) is 0. The van der Waals surface area contributed by atoms with E-state index >= 15 is 0 Å². The van der Waals surface area contributed by atoms with Crippen molar-refractivity contribution in [2.75, 3.05) is 11.9 Å². The Morgan fingerprint density at radius 2 is 1.34 bits per heavy atom. The van der Waals surface area contributed by atoms with Crippen molar-refractivity contribution < 1.29 is 0 Å². The lowest BCUT2D eigenvalue weighted by molar-refractivity contribution is 0.664. The zero-order valence-electron chi connectivity index (χ0n) is 33.6. The van der Waals surface area contributed by atoms with E-state index in [1.54, 1.807) is 7.05 Å². The number of fused-ring (bicyclic) bond motifs is 10. The van der Waals surface area contributed by atoms with Gasteiger partial charge in [0.15, 0.2) is 0 Å². The van der Waals surface area contributed by atoms with Crippen LogP contribution in [0.15, 0.2) is 194 Å². The number of nitriles is 1. The molecule has 4 nitrogen and oxygen atoms in total. The number of aromatic nitrogens is 1. The summed E-state index contributed by atoms with van der Waals surface area (Å²) >= 11 is 0. The Kier molecular flexibility index (Phi) is 9.73. The molecule has 0 saturated heterocycles. The maximum atomic E-state index is 9.23. The number of hydrogen-bond acceptors (Lipinski definition) is 3. The zero-order chi connectivity index (χ0) is 40.5. The number of anilines is 2. The van der Waals surface area contributed by atoms with Gasteiger partial charge in [0, 0.05) is 52.6 Å². The molecule has 1 aliphatic heterocycles. The summed E-state index contributed by atoms with van der Waals surface area (Å²) in [5.74, 6) is 0. The fraction of sp³-hybridized carbons (Fsp3) is 0.0909. The third-order valence-corrected chi connectivity index (χ3v) is 11.6. The predicted octanol–water partition coefficient (Wildman–Crippen LogP) is 13.5. The van der Waals surface area contributed by atoms with Crippen LogP contribution in [0, 0.1) is 11.3 Å². The van der Waals surface area contributed by atoms with Crippen molar-refractivity contribution in [1.82, 2.24) is 4.57 Å². The number of aliphatic imine (C=N–C) groups is 1. The molecule has 0 fully saturated rings. The third kappa shape index (κ3) is 6.57. The second-order valence-corrected chi connectivity index (χ2v) is 15.6. The lowest BCUT2D eigenvalue weighted by Crippen LogP contribution is -2.18. The normalized spacial score (nSPS) is 14.7. The van der Waals surface area contributed by atoms with Crippen molar-refractivity contribution in [3.63, 3.8) is 0 Å². The number of para-hydroxylation sites is 2. The van der Waals surface area contributed by atoms with Crippen LogP contribution in [0.25, 0.3) is 44.2 Å². The third-order valence-electron chi connectivity index (χ3n) is 11.6. The van der Waals surface area contributed by atoms with E-state index < -0.39 is 0 Å². The highest BCUT2D eigenvalue weighted by Crippen LogP contribution is 2.59. The van der Waals surface area contributed by atoms with Crippen LogP contribution in [0.4, 0.5) is 11.4 Å². The molecule has 1 aliphatic carbocycles. The highest BCUT2D eigenvalue weighted by Gasteiger charge is 2.42. The summed E-state index contributed by atoms with van der Waals surface area (Å²) < 4.78 is 2.48. The molecule has 2 heterocycles. The molecule has 0 N–H and O–H groups in total. The lowest BCUT2D eigenvalue weighted by atomic mass is 9.79. The van der Waals surface area contributed by atoms with Crippen LogP contribution in [0.2, 0.25) is 0 Å². The van der Waals surface area contributed by atoms with E-state index in [1.165, 1.54) is 60.8 Å². The first-order valence-electron chi connectivity index (χ1n) is 20.1. The molecule has 0 bridgehead atoms. The number of benzene rings is 7. The molecule has 0 atom stereocenters. The van der Waals surface area contributed by atoms with Crippen molar-refractivity contribution in [1.29, 1.82) is 5.26 Å². The molecule has 59 heavy (non-hydrogen) atoms. The van der Waals surface area contributed by atoms with E-state index in [4.69, 9.17) is 6.58 Å². The van der Waals surface area contributed by atoms with E-state index in [9.17, 15) is 5.26 Å². The van der Waals surface area contributed by atoms with Gasteiger partial charge >= 0.3 is 0 Å². The standard InChI is InChI=1S/C47H35N3.C8H9N/c1-31-13-11-12-28-49(35-26-24-33(25-27-35)29-32-20-22-34(30-48)23-21-32)45-41(31)42-37-16-7-9-18-39(37)47(2,3)44(42)46-43(45)38-17-8-10-19-40(38)50(46)36-14-5-4-6-15-36;1-9-7-8-5-3-2-4-6-8/h4-28H,1,29H2,2-3H3;2-7H,1H3/b13-11-,28-12-;. The van der Waals surface area contributed by atoms with Gasteiger partial charge in [-0.05, 0) is 99.5 Å². The molecule has 0 saturated carbocycles. The maximum Gasteiger partial charge on any atom is 0.0991 e. The monoisotopic (exact) mass is 760 g/mol. The van der Waals surface area contributed by atoms with Gasteiger partial charge in [0.1, 0.15) is 0 Å². The summed E-state index contributed by atoms with van der Waals surface area (Å²) in [6, 6.07) is 57.6. The van der Waals surface area contributed by atoms with Gasteiger partial charge in [0.05, 0.1) is 28.4 Å². The van der Waals surface area contributed by atoms with Gasteiger partial charge in [-0.3, -0.25) is 4.99 Å². The minimum Gasteiger partial charge on any atom is -0.316 e. The van der Waals surface area contributed by atoms with Gasteiger partial charge in [-0.15, -0.1) is 0 Å². The van der Waals surface area contributed by atoms with E-state index in [-0.39, 0.29) is 5.41 Å². The summed E-state index contributed by atoms with van der Waals surface area (Å²) in [6.07, 6.45) is 11.2. The molecular formula is C55H44N4. The average Bonchev–Trinajstić information content (AvgIpc) is 3.73. The van der Waals surface area contributed by atoms with Gasteiger partial charge in [-0.1, -0.05) is 148 Å². The lowest BCUT2D eigenvalue weighted by Gasteiger charge is -2.31. The first kappa shape index (κ1) is 37.1. The van der Waals surface area contributed by atoms with Crippen LogP contribution in [0.1, 0.15) is 52.8 Å². The Bertz CT molecular complexity index is 2990. The second-order valence-electron chi connectivity index (χ2n) is 15.6. The summed E-state index contributed by atoms with van der Waals surface area (Å²) in [4.78, 5) is 6.25. The van der Waals surface area contributed by atoms with Crippen LogP contribution < -0.4 is 4.90 Å². The summed E-state index contributed by atoms with van der Waals surface area (Å²) in [6.45, 7) is 9.49. The van der Waals surface area contributed by atoms with Gasteiger partial charge in [0.25, 0.3) is 0 Å². The molecular weight excluding hydrogens is 717 g/mol. The Balaban J connectivity index is 0.000000444. The highest BCUT2D eigenvalue weighted by molar-refractivity contribution is 6.23. The number of rotatable bonds is 5. The fourth-order valence-corrected chi connectivity index (χ4v) is 8.94. The van der Waals surface area contributed by atoms with Gasteiger partial charge in [0.2, 0.25) is 0 Å². The van der Waals surface area contributed by atoms with E-state index in [0.29, 0.717) is 5.56 Å². The fourth-order valence-electron chi connectivity index (χ4n) is 8.94. The molecule has 4 heteroatoms. The van der Waals surface area contributed by atoms with Gasteiger partial charge in [-0.2, -0.15) is 5.26 Å². The summed E-state index contributed by atoms with van der Waals surface area (Å²) in [5, 5.41) is 11.7. The minimum absolute atomic E-state index is 0.250. The molecule has 2 aliphatic rings. The Labute approximate surface area is 346 Å². The van der Waals surface area contributed by atoms with Crippen LogP contribution >= 0.6 is 0 Å². The Morgan fingerprint density at radius 1 is 0.695 bits per heavy atom.